The highest BCUT2D eigenvalue weighted by molar-refractivity contribution is 7.80. The van der Waals surface area contributed by atoms with Gasteiger partial charge in [0.25, 0.3) is 0 Å². The topological polar surface area (TPSA) is 18.5 Å². The van der Waals surface area contributed by atoms with Gasteiger partial charge in [0.05, 0.1) is 0 Å². The number of aryl methyl sites for hydroxylation is 3. The fourth-order valence-electron chi connectivity index (χ4n) is 3.39. The Hall–Kier alpha value is -1.91. The van der Waals surface area contributed by atoms with Crippen molar-refractivity contribution in [3.8, 4) is 0 Å². The Labute approximate surface area is 156 Å². The van der Waals surface area contributed by atoms with Gasteiger partial charge in [-0.05, 0) is 67.4 Å². The monoisotopic (exact) mass is 353 g/mol. The number of anilines is 1. The molecule has 1 heterocycles. The number of hydrogen-bond donors (Lipinski definition) is 1. The molecular formula is C21H27N3S. The molecule has 0 unspecified atom stereocenters. The van der Waals surface area contributed by atoms with E-state index in [0.717, 1.165) is 43.5 Å². The van der Waals surface area contributed by atoms with Gasteiger partial charge in [-0.3, -0.25) is 4.90 Å². The summed E-state index contributed by atoms with van der Waals surface area (Å²) in [4.78, 5) is 4.79. The predicted molar refractivity (Wildman–Crippen MR) is 110 cm³/mol. The third-order valence-electron chi connectivity index (χ3n) is 4.79. The maximum atomic E-state index is 5.63. The third kappa shape index (κ3) is 4.80. The molecule has 3 rings (SSSR count). The molecular weight excluding hydrogens is 326 g/mol. The summed E-state index contributed by atoms with van der Waals surface area (Å²) >= 11 is 5.63. The molecule has 0 bridgehead atoms. The number of thiocarbonyl (C=S) groups is 1. The molecule has 2 aromatic carbocycles. The van der Waals surface area contributed by atoms with Crippen molar-refractivity contribution < 1.29 is 0 Å². The Bertz CT molecular complexity index is 728. The van der Waals surface area contributed by atoms with Crippen LogP contribution in [0.1, 0.15) is 22.3 Å². The van der Waals surface area contributed by atoms with E-state index in [1.807, 2.05) is 0 Å². The van der Waals surface area contributed by atoms with Crippen LogP contribution in [-0.2, 0) is 6.54 Å². The van der Waals surface area contributed by atoms with Gasteiger partial charge in [-0.1, -0.05) is 30.3 Å². The summed E-state index contributed by atoms with van der Waals surface area (Å²) < 4.78 is 0. The van der Waals surface area contributed by atoms with Crippen molar-refractivity contribution in [3.63, 3.8) is 0 Å². The van der Waals surface area contributed by atoms with Crippen molar-refractivity contribution >= 4 is 23.0 Å². The van der Waals surface area contributed by atoms with E-state index in [1.165, 1.54) is 22.3 Å². The molecule has 0 amide bonds. The summed E-state index contributed by atoms with van der Waals surface area (Å²) in [5.41, 5.74) is 6.40. The molecule has 0 radical (unpaired) electrons. The van der Waals surface area contributed by atoms with E-state index in [2.05, 4.69) is 78.4 Å². The van der Waals surface area contributed by atoms with E-state index in [4.69, 9.17) is 12.2 Å². The van der Waals surface area contributed by atoms with Gasteiger partial charge in [0.2, 0.25) is 0 Å². The lowest BCUT2D eigenvalue weighted by Crippen LogP contribution is -2.49. The quantitative estimate of drug-likeness (QED) is 0.836. The van der Waals surface area contributed by atoms with Gasteiger partial charge in [0.1, 0.15) is 0 Å². The first kappa shape index (κ1) is 17.9. The molecule has 0 spiro atoms. The van der Waals surface area contributed by atoms with Gasteiger partial charge in [-0.25, -0.2) is 0 Å². The molecule has 0 saturated carbocycles. The summed E-state index contributed by atoms with van der Waals surface area (Å²) in [6, 6.07) is 15.1. The summed E-state index contributed by atoms with van der Waals surface area (Å²) in [5.74, 6) is 0. The maximum absolute atomic E-state index is 5.63. The van der Waals surface area contributed by atoms with Gasteiger partial charge in [-0.2, -0.15) is 0 Å². The highest BCUT2D eigenvalue weighted by Crippen LogP contribution is 2.16. The van der Waals surface area contributed by atoms with Crippen LogP contribution in [0.4, 0.5) is 5.69 Å². The molecule has 0 aliphatic carbocycles. The number of piperazine rings is 1. The van der Waals surface area contributed by atoms with Crippen molar-refractivity contribution in [1.82, 2.24) is 9.80 Å². The zero-order chi connectivity index (χ0) is 17.8. The lowest BCUT2D eigenvalue weighted by atomic mass is 10.1. The third-order valence-corrected chi connectivity index (χ3v) is 5.15. The van der Waals surface area contributed by atoms with Crippen LogP contribution in [-0.4, -0.2) is 41.1 Å². The second kappa shape index (κ2) is 7.98. The van der Waals surface area contributed by atoms with Crippen molar-refractivity contribution in [2.75, 3.05) is 31.5 Å². The number of hydrogen-bond acceptors (Lipinski definition) is 2. The van der Waals surface area contributed by atoms with Crippen LogP contribution in [0, 0.1) is 20.8 Å². The smallest absolute Gasteiger partial charge is 0.173 e. The zero-order valence-electron chi connectivity index (χ0n) is 15.4. The molecule has 1 N–H and O–H groups in total. The average molecular weight is 354 g/mol. The molecule has 4 heteroatoms. The predicted octanol–water partition coefficient (Wildman–Crippen LogP) is 4.13. The van der Waals surface area contributed by atoms with Crippen LogP contribution in [0.25, 0.3) is 0 Å². The lowest BCUT2D eigenvalue weighted by molar-refractivity contribution is 0.176. The lowest BCUT2D eigenvalue weighted by Gasteiger charge is -2.36. The molecule has 2 aromatic rings. The van der Waals surface area contributed by atoms with Crippen molar-refractivity contribution in [2.45, 2.75) is 27.3 Å². The largest absolute Gasteiger partial charge is 0.346 e. The SMILES string of the molecule is Cc1cc(C)cc(NC(=S)N2CCN(Cc3ccccc3C)CC2)c1. The fourth-order valence-corrected chi connectivity index (χ4v) is 3.69. The summed E-state index contributed by atoms with van der Waals surface area (Å²) in [5, 5.41) is 4.24. The number of nitrogens with zero attached hydrogens (tertiary/aromatic N) is 2. The van der Waals surface area contributed by atoms with E-state index < -0.39 is 0 Å². The maximum Gasteiger partial charge on any atom is 0.173 e. The van der Waals surface area contributed by atoms with E-state index >= 15 is 0 Å². The fraction of sp³-hybridized carbons (Fsp3) is 0.381. The van der Waals surface area contributed by atoms with Gasteiger partial charge in [-0.15, -0.1) is 0 Å². The minimum absolute atomic E-state index is 0.834. The molecule has 3 nitrogen and oxygen atoms in total. The number of benzene rings is 2. The Morgan fingerprint density at radius 2 is 1.60 bits per heavy atom. The molecule has 1 aliphatic heterocycles. The van der Waals surface area contributed by atoms with E-state index in [-0.39, 0.29) is 0 Å². The zero-order valence-corrected chi connectivity index (χ0v) is 16.2. The Morgan fingerprint density at radius 1 is 0.960 bits per heavy atom. The van der Waals surface area contributed by atoms with Crippen molar-refractivity contribution in [1.29, 1.82) is 0 Å². The first-order valence-electron chi connectivity index (χ1n) is 8.92. The van der Waals surface area contributed by atoms with Gasteiger partial charge >= 0.3 is 0 Å². The molecule has 1 saturated heterocycles. The molecule has 0 atom stereocenters. The molecule has 132 valence electrons. The van der Waals surface area contributed by atoms with Crippen LogP contribution < -0.4 is 5.32 Å². The van der Waals surface area contributed by atoms with Gasteiger partial charge < -0.3 is 10.2 Å². The second-order valence-corrected chi connectivity index (χ2v) is 7.38. The Kier molecular flexibility index (Phi) is 5.71. The molecule has 25 heavy (non-hydrogen) atoms. The van der Waals surface area contributed by atoms with Crippen LogP contribution in [0.15, 0.2) is 42.5 Å². The Morgan fingerprint density at radius 3 is 2.24 bits per heavy atom. The molecule has 1 aliphatic rings. The first-order chi connectivity index (χ1) is 12.0. The summed E-state index contributed by atoms with van der Waals surface area (Å²) in [7, 11) is 0. The van der Waals surface area contributed by atoms with Crippen LogP contribution in [0.5, 0.6) is 0 Å². The number of rotatable bonds is 3. The van der Waals surface area contributed by atoms with Crippen LogP contribution in [0.2, 0.25) is 0 Å². The normalized spacial score (nSPS) is 15.2. The second-order valence-electron chi connectivity index (χ2n) is 7.00. The average Bonchev–Trinajstić information content (AvgIpc) is 2.56. The first-order valence-corrected chi connectivity index (χ1v) is 9.33. The highest BCUT2D eigenvalue weighted by atomic mass is 32.1. The van der Waals surface area contributed by atoms with E-state index in [1.54, 1.807) is 0 Å². The minimum atomic E-state index is 0.834. The minimum Gasteiger partial charge on any atom is -0.346 e. The Balaban J connectivity index is 1.53. The van der Waals surface area contributed by atoms with Gasteiger partial charge in [0.15, 0.2) is 5.11 Å². The molecule has 1 fully saturated rings. The van der Waals surface area contributed by atoms with Crippen molar-refractivity contribution in [3.05, 3.63) is 64.7 Å². The molecule has 0 aromatic heterocycles. The van der Waals surface area contributed by atoms with Crippen LogP contribution >= 0.6 is 12.2 Å². The number of nitrogens with one attached hydrogen (secondary N) is 1. The van der Waals surface area contributed by atoms with E-state index in [0.29, 0.717) is 0 Å². The highest BCUT2D eigenvalue weighted by Gasteiger charge is 2.19. The van der Waals surface area contributed by atoms with Crippen LogP contribution in [0.3, 0.4) is 0 Å². The summed E-state index contributed by atoms with van der Waals surface area (Å²) in [6.45, 7) is 11.5. The van der Waals surface area contributed by atoms with E-state index in [9.17, 15) is 0 Å². The standard InChI is InChI=1S/C21H27N3S/c1-16-12-17(2)14-20(13-16)22-21(25)24-10-8-23(9-11-24)15-19-7-5-4-6-18(19)3/h4-7,12-14H,8-11,15H2,1-3H3,(H,22,25). The van der Waals surface area contributed by atoms with Crippen molar-refractivity contribution in [2.24, 2.45) is 0 Å². The van der Waals surface area contributed by atoms with Gasteiger partial charge in [0, 0.05) is 38.4 Å². The summed E-state index contributed by atoms with van der Waals surface area (Å²) in [6.07, 6.45) is 0.